The fourth-order valence-electron chi connectivity index (χ4n) is 5.74. The Morgan fingerprint density at radius 3 is 2.48 bits per heavy atom. The molecule has 7 nitrogen and oxygen atoms in total. The van der Waals surface area contributed by atoms with Gasteiger partial charge in [0.15, 0.2) is 11.5 Å². The molecule has 2 fully saturated rings. The van der Waals surface area contributed by atoms with Gasteiger partial charge >= 0.3 is 6.09 Å². The predicted molar refractivity (Wildman–Crippen MR) is 158 cm³/mol. The SMILES string of the molecule is CCc1ccc(CCC(=O)[C@@H]2CN(C(=O)Oc3ccccc3Cl)CCN2C(=O)[C@H](N)CC2CCCCC2)cc1Cl. The van der Waals surface area contributed by atoms with Crippen LogP contribution >= 0.6 is 23.2 Å². The van der Waals surface area contributed by atoms with E-state index < -0.39 is 18.2 Å². The first-order valence-corrected chi connectivity index (χ1v) is 15.1. The minimum atomic E-state index is -0.803. The fourth-order valence-corrected chi connectivity index (χ4v) is 6.25. The van der Waals surface area contributed by atoms with Gasteiger partial charge in [-0.05, 0) is 54.5 Å². The average Bonchev–Trinajstić information content (AvgIpc) is 2.97. The van der Waals surface area contributed by atoms with Crippen LogP contribution in [0.15, 0.2) is 42.5 Å². The zero-order valence-corrected chi connectivity index (χ0v) is 24.6. The number of halogens is 2. The number of benzene rings is 2. The van der Waals surface area contributed by atoms with Crippen LogP contribution in [0.3, 0.4) is 0 Å². The van der Waals surface area contributed by atoms with Crippen LogP contribution in [0.4, 0.5) is 4.79 Å². The van der Waals surface area contributed by atoms with Crippen LogP contribution < -0.4 is 10.5 Å². The summed E-state index contributed by atoms with van der Waals surface area (Å²) >= 11 is 12.6. The molecule has 1 aliphatic carbocycles. The van der Waals surface area contributed by atoms with Crippen molar-refractivity contribution in [3.8, 4) is 5.75 Å². The Bertz CT molecular complexity index is 1200. The highest BCUT2D eigenvalue weighted by Crippen LogP contribution is 2.29. The van der Waals surface area contributed by atoms with Gasteiger partial charge in [-0.3, -0.25) is 9.59 Å². The van der Waals surface area contributed by atoms with Gasteiger partial charge < -0.3 is 20.3 Å². The average molecular weight is 589 g/mol. The molecule has 1 saturated carbocycles. The third kappa shape index (κ3) is 7.77. The Balaban J connectivity index is 1.47. The van der Waals surface area contributed by atoms with E-state index in [1.165, 1.54) is 24.2 Å². The van der Waals surface area contributed by atoms with Gasteiger partial charge in [0.2, 0.25) is 5.91 Å². The van der Waals surface area contributed by atoms with Gasteiger partial charge in [-0.15, -0.1) is 0 Å². The summed E-state index contributed by atoms with van der Waals surface area (Å²) in [6, 6.07) is 11.1. The third-order valence-electron chi connectivity index (χ3n) is 8.11. The van der Waals surface area contributed by atoms with Crippen molar-refractivity contribution >= 4 is 41.0 Å². The van der Waals surface area contributed by atoms with Gasteiger partial charge in [-0.1, -0.05) is 86.5 Å². The summed E-state index contributed by atoms with van der Waals surface area (Å²) in [5.74, 6) is 0.338. The molecule has 2 amide bonds. The molecule has 2 N–H and O–H groups in total. The second kappa shape index (κ2) is 14.3. The first-order chi connectivity index (χ1) is 19.3. The Kier molecular flexibility index (Phi) is 10.9. The Labute approximate surface area is 246 Å². The quantitative estimate of drug-likeness (QED) is 0.384. The van der Waals surface area contributed by atoms with Crippen molar-refractivity contribution in [2.75, 3.05) is 19.6 Å². The van der Waals surface area contributed by atoms with E-state index in [1.807, 2.05) is 25.1 Å². The van der Waals surface area contributed by atoms with E-state index in [-0.39, 0.29) is 43.5 Å². The summed E-state index contributed by atoms with van der Waals surface area (Å²) in [5.41, 5.74) is 8.43. The van der Waals surface area contributed by atoms with Crippen LogP contribution in [-0.2, 0) is 22.4 Å². The van der Waals surface area contributed by atoms with Gasteiger partial charge in [-0.25, -0.2) is 4.79 Å². The number of amides is 2. The molecule has 216 valence electrons. The molecule has 0 bridgehead atoms. The van der Waals surface area contributed by atoms with Crippen LogP contribution in [0.1, 0.15) is 63.0 Å². The maximum atomic E-state index is 13.6. The van der Waals surface area contributed by atoms with Crippen LogP contribution in [0.2, 0.25) is 10.0 Å². The summed E-state index contributed by atoms with van der Waals surface area (Å²) in [6.07, 6.45) is 7.29. The van der Waals surface area contributed by atoms with Crippen LogP contribution in [0, 0.1) is 5.92 Å². The minimum Gasteiger partial charge on any atom is -0.409 e. The number of rotatable bonds is 9. The Morgan fingerprint density at radius 2 is 1.77 bits per heavy atom. The minimum absolute atomic E-state index is 0.0412. The number of ether oxygens (including phenoxy) is 1. The molecule has 2 aromatic carbocycles. The second-order valence-electron chi connectivity index (χ2n) is 10.9. The number of ketones is 1. The van der Waals surface area contributed by atoms with E-state index in [0.717, 1.165) is 30.4 Å². The van der Waals surface area contributed by atoms with Crippen molar-refractivity contribution in [3.05, 3.63) is 63.6 Å². The zero-order chi connectivity index (χ0) is 28.6. The van der Waals surface area contributed by atoms with E-state index >= 15 is 0 Å². The molecular weight excluding hydrogens is 549 g/mol. The predicted octanol–water partition coefficient (Wildman–Crippen LogP) is 6.07. The Hall–Kier alpha value is -2.61. The third-order valence-corrected chi connectivity index (χ3v) is 8.78. The van der Waals surface area contributed by atoms with Gasteiger partial charge in [0.1, 0.15) is 6.04 Å². The zero-order valence-electron chi connectivity index (χ0n) is 23.1. The molecular formula is C31H39Cl2N3O4. The molecule has 0 radical (unpaired) electrons. The first kappa shape index (κ1) is 30.4. The number of aryl methyl sites for hydroxylation is 2. The standard InChI is InChI=1S/C31H39Cl2N3O4/c1-2-23-14-12-22(18-25(23)33)13-15-28(37)27-20-35(31(39)40-29-11-7-6-10-24(29)32)16-17-36(27)30(38)26(34)19-21-8-4-3-5-9-21/h6-7,10-12,14,18,21,26-27H,2-5,8-9,13,15-17,19-20,34H2,1H3/t26-,27+/m1/s1. The monoisotopic (exact) mass is 587 g/mol. The molecule has 4 rings (SSSR count). The molecule has 0 unspecified atom stereocenters. The number of Topliss-reactive ketones (excluding diaryl/α,β-unsaturated/α-hetero) is 1. The van der Waals surface area contributed by atoms with Crippen molar-refractivity contribution < 1.29 is 19.1 Å². The molecule has 2 atom stereocenters. The lowest BCUT2D eigenvalue weighted by Crippen LogP contribution is -2.62. The van der Waals surface area contributed by atoms with E-state index in [2.05, 4.69) is 0 Å². The summed E-state index contributed by atoms with van der Waals surface area (Å²) in [5, 5.41) is 1.00. The lowest BCUT2D eigenvalue weighted by molar-refractivity contribution is -0.144. The normalized spacial score (nSPS) is 18.9. The highest BCUT2D eigenvalue weighted by molar-refractivity contribution is 6.32. The number of hydrogen-bond acceptors (Lipinski definition) is 5. The number of piperazine rings is 1. The van der Waals surface area contributed by atoms with Gasteiger partial charge in [0, 0.05) is 24.5 Å². The number of carbonyl (C=O) groups is 3. The summed E-state index contributed by atoms with van der Waals surface area (Å²) < 4.78 is 5.52. The van der Waals surface area contributed by atoms with Crippen molar-refractivity contribution in [1.29, 1.82) is 0 Å². The molecule has 2 aliphatic rings. The highest BCUT2D eigenvalue weighted by Gasteiger charge is 2.39. The highest BCUT2D eigenvalue weighted by atomic mass is 35.5. The van der Waals surface area contributed by atoms with Crippen LogP contribution in [-0.4, -0.2) is 59.3 Å². The van der Waals surface area contributed by atoms with E-state index in [9.17, 15) is 14.4 Å². The molecule has 0 aromatic heterocycles. The van der Waals surface area contributed by atoms with Crippen LogP contribution in [0.25, 0.3) is 0 Å². The second-order valence-corrected chi connectivity index (χ2v) is 11.7. The van der Waals surface area contributed by atoms with E-state index in [4.69, 9.17) is 33.7 Å². The number of nitrogens with zero attached hydrogens (tertiary/aromatic N) is 2. The number of nitrogens with two attached hydrogens (primary N) is 1. The number of hydrogen-bond donors (Lipinski definition) is 1. The van der Waals surface area contributed by atoms with Gasteiger partial charge in [0.25, 0.3) is 0 Å². The van der Waals surface area contributed by atoms with Gasteiger partial charge in [0.05, 0.1) is 17.6 Å². The molecule has 1 aliphatic heterocycles. The Morgan fingerprint density at radius 1 is 1.02 bits per heavy atom. The van der Waals surface area contributed by atoms with Gasteiger partial charge in [-0.2, -0.15) is 0 Å². The van der Waals surface area contributed by atoms with Crippen molar-refractivity contribution in [3.63, 3.8) is 0 Å². The number of para-hydroxylation sites is 1. The molecule has 0 spiro atoms. The fraction of sp³-hybridized carbons (Fsp3) is 0.516. The maximum absolute atomic E-state index is 13.6. The molecule has 1 heterocycles. The molecule has 40 heavy (non-hydrogen) atoms. The van der Waals surface area contributed by atoms with Crippen molar-refractivity contribution in [2.45, 2.75) is 76.8 Å². The topological polar surface area (TPSA) is 92.9 Å². The van der Waals surface area contributed by atoms with Crippen LogP contribution in [0.5, 0.6) is 5.75 Å². The first-order valence-electron chi connectivity index (χ1n) is 14.3. The summed E-state index contributed by atoms with van der Waals surface area (Å²) in [7, 11) is 0. The summed E-state index contributed by atoms with van der Waals surface area (Å²) in [6.45, 7) is 2.53. The molecule has 2 aromatic rings. The lowest BCUT2D eigenvalue weighted by atomic mass is 9.84. The number of carbonyl (C=O) groups excluding carboxylic acids is 3. The summed E-state index contributed by atoms with van der Waals surface area (Å²) in [4.78, 5) is 43.3. The van der Waals surface area contributed by atoms with Crippen molar-refractivity contribution in [1.82, 2.24) is 9.80 Å². The van der Waals surface area contributed by atoms with Crippen molar-refractivity contribution in [2.24, 2.45) is 11.7 Å². The smallest absolute Gasteiger partial charge is 0.409 e. The largest absolute Gasteiger partial charge is 0.415 e. The maximum Gasteiger partial charge on any atom is 0.415 e. The molecule has 1 saturated heterocycles. The van der Waals surface area contributed by atoms with E-state index in [1.54, 1.807) is 29.2 Å². The molecule has 9 heteroatoms. The lowest BCUT2D eigenvalue weighted by Gasteiger charge is -2.41. The van der Waals surface area contributed by atoms with E-state index in [0.29, 0.717) is 28.8 Å².